The topological polar surface area (TPSA) is 236 Å². The zero-order chi connectivity index (χ0) is 49.6. The lowest BCUT2D eigenvalue weighted by Gasteiger charge is -2.24. The maximum atomic E-state index is 12.9. The van der Waals surface area contributed by atoms with E-state index >= 15 is 0 Å². The number of aliphatic hydroxyl groups is 2. The fraction of sp³-hybridized carbons (Fsp3) is 0.453. The highest BCUT2D eigenvalue weighted by atomic mass is 32.1. The van der Waals surface area contributed by atoms with Gasteiger partial charge in [0.1, 0.15) is 45.3 Å². The maximum Gasteiger partial charge on any atom is 0.509 e. The number of nitrogens with one attached hydrogen (secondary N) is 2. The molecule has 6 heterocycles. The number of Topliss-reactive ketones (excluding diaryl/α,β-unsaturated/α-hetero) is 2. The van der Waals surface area contributed by atoms with Crippen molar-refractivity contribution in [3.8, 4) is 0 Å². The zero-order valence-electron chi connectivity index (χ0n) is 40.4. The van der Waals surface area contributed by atoms with Gasteiger partial charge in [0.15, 0.2) is 11.9 Å². The number of ether oxygens (including phenoxy) is 2. The van der Waals surface area contributed by atoms with E-state index in [1.54, 1.807) is 56.1 Å². The Morgan fingerprint density at radius 3 is 1.73 bits per heavy atom. The monoisotopic (exact) mass is 999 g/mol. The van der Waals surface area contributed by atoms with Crippen molar-refractivity contribution >= 4 is 96.3 Å². The molecular formula is C53H61N9O7S2. The summed E-state index contributed by atoms with van der Waals surface area (Å²) in [7, 11) is 0. The number of nitrogens with two attached hydrogens (primary N) is 1. The molecule has 2 aliphatic heterocycles. The van der Waals surface area contributed by atoms with E-state index in [-0.39, 0.29) is 37.6 Å². The van der Waals surface area contributed by atoms with Crippen molar-refractivity contribution in [1.29, 1.82) is 0 Å². The smallest absolute Gasteiger partial charge is 0.429 e. The molecule has 0 bridgehead atoms. The van der Waals surface area contributed by atoms with Gasteiger partial charge < -0.3 is 36.1 Å². The molecular weight excluding hydrogens is 939 g/mol. The highest BCUT2D eigenvalue weighted by Gasteiger charge is 2.30. The van der Waals surface area contributed by atoms with Crippen LogP contribution >= 0.6 is 22.7 Å². The Morgan fingerprint density at radius 2 is 1.24 bits per heavy atom. The van der Waals surface area contributed by atoms with Crippen molar-refractivity contribution in [3.63, 3.8) is 0 Å². The van der Waals surface area contributed by atoms with E-state index in [1.807, 2.05) is 12.4 Å². The summed E-state index contributed by atoms with van der Waals surface area (Å²) >= 11 is 3.44. The molecule has 0 spiro atoms. The van der Waals surface area contributed by atoms with Crippen LogP contribution in [0.1, 0.15) is 115 Å². The highest BCUT2D eigenvalue weighted by molar-refractivity contribution is 7.19. The van der Waals surface area contributed by atoms with E-state index in [1.165, 1.54) is 32.0 Å². The first-order chi connectivity index (χ1) is 34.3. The first-order valence-corrected chi connectivity index (χ1v) is 26.2. The van der Waals surface area contributed by atoms with Crippen LogP contribution in [0.2, 0.25) is 0 Å². The van der Waals surface area contributed by atoms with Crippen LogP contribution in [0.5, 0.6) is 0 Å². The predicted molar refractivity (Wildman–Crippen MR) is 279 cm³/mol. The lowest BCUT2D eigenvalue weighted by Crippen LogP contribution is -2.32. The van der Waals surface area contributed by atoms with E-state index in [0.717, 1.165) is 113 Å². The van der Waals surface area contributed by atoms with Crippen molar-refractivity contribution in [2.75, 3.05) is 23.8 Å². The fourth-order valence-electron chi connectivity index (χ4n) is 9.80. The molecule has 0 saturated heterocycles. The van der Waals surface area contributed by atoms with Gasteiger partial charge >= 0.3 is 6.16 Å². The summed E-state index contributed by atoms with van der Waals surface area (Å²) in [5.41, 5.74) is 14.5. The summed E-state index contributed by atoms with van der Waals surface area (Å²) < 4.78 is 10.4. The molecule has 2 unspecified atom stereocenters. The third-order valence-corrected chi connectivity index (χ3v) is 15.9. The molecule has 0 radical (unpaired) electrons. The highest BCUT2D eigenvalue weighted by Crippen LogP contribution is 2.43. The largest absolute Gasteiger partial charge is 0.509 e. The van der Waals surface area contributed by atoms with Crippen molar-refractivity contribution in [2.45, 2.75) is 129 Å². The second-order valence-electron chi connectivity index (χ2n) is 19.8. The van der Waals surface area contributed by atoms with Gasteiger partial charge in [0.05, 0.1) is 29.9 Å². The number of hydrogen-bond donors (Lipinski definition) is 5. The number of ketones is 2. The molecule has 0 fully saturated rings. The molecule has 0 amide bonds. The molecule has 16 nitrogen and oxygen atoms in total. The number of carbonyl (C=O) groups excluding carboxylic acids is 3. The summed E-state index contributed by atoms with van der Waals surface area (Å²) in [6.07, 6.45) is 13.6. The minimum atomic E-state index is -0.997. The van der Waals surface area contributed by atoms with Crippen molar-refractivity contribution < 1.29 is 34.1 Å². The molecule has 4 aliphatic rings. The number of rotatable bonds is 17. The average molecular weight is 1000 g/mol. The Balaban J connectivity index is 0.000000179. The van der Waals surface area contributed by atoms with Crippen molar-refractivity contribution in [2.24, 2.45) is 27.6 Å². The number of anilines is 4. The number of fused-ring (bicyclic) bond motifs is 8. The number of carbonyl (C=O) groups is 3. The normalized spacial score (nSPS) is 17.4. The number of aliphatic hydroxyl groups excluding tert-OH is 2. The molecule has 10 rings (SSSR count). The first kappa shape index (κ1) is 49.9. The number of benzene rings is 2. The molecule has 2 aromatic carbocycles. The van der Waals surface area contributed by atoms with Crippen LogP contribution in [0.25, 0.3) is 20.4 Å². The molecule has 2 aliphatic carbocycles. The van der Waals surface area contributed by atoms with Crippen LogP contribution in [-0.2, 0) is 57.8 Å². The summed E-state index contributed by atoms with van der Waals surface area (Å²) in [6, 6.07) is 12.0. The van der Waals surface area contributed by atoms with Crippen LogP contribution in [-0.4, -0.2) is 91.3 Å². The van der Waals surface area contributed by atoms with Crippen LogP contribution in [0, 0.1) is 11.8 Å². The van der Waals surface area contributed by atoms with Gasteiger partial charge in [-0.05, 0) is 148 Å². The van der Waals surface area contributed by atoms with Crippen LogP contribution in [0.3, 0.4) is 0 Å². The van der Waals surface area contributed by atoms with Gasteiger partial charge in [-0.3, -0.25) is 19.6 Å². The Hall–Kier alpha value is -6.05. The van der Waals surface area contributed by atoms with E-state index in [9.17, 15) is 19.5 Å². The quantitative estimate of drug-likeness (QED) is 0.0536. The van der Waals surface area contributed by atoms with Gasteiger partial charge in [0.25, 0.3) is 0 Å². The number of aromatic nitrogens is 4. The molecule has 18 heteroatoms. The number of thiophene rings is 2. The third kappa shape index (κ3) is 12.0. The van der Waals surface area contributed by atoms with Gasteiger partial charge in [-0.15, -0.1) is 22.7 Å². The van der Waals surface area contributed by atoms with Gasteiger partial charge in [0.2, 0.25) is 0 Å². The minimum Gasteiger partial charge on any atom is -0.429 e. The molecule has 4 aromatic heterocycles. The Labute approximate surface area is 420 Å². The maximum absolute atomic E-state index is 12.9. The minimum absolute atomic E-state index is 0.0437. The standard InChI is InChI=1S/C29H34N4O5S.C24H27N5O2S/c1-29(2,3)38-28(36)37-23(10-11-34)22(35)9-5-17-4-8-21-24(12-17)39-27-25(21)26(31-16-32-27)33-20-7-6-18-14-30-15-19(18)13-20;25-19(7-8-30)20(31)6-2-14-1-5-18-21(9-14)32-24-22(18)23(27-13-28-24)29-17-4-3-15-11-26-12-16(15)10-17/h6-7,13,15-17,23,34H,4-5,8-12,14H2,1-3H3,(H,31,32,33);3-4,10,12-14,19,30H,1-2,5-9,11,25H2,(H,27,28,29)/t17?,23-;14?,19-/m00/s1. The summed E-state index contributed by atoms with van der Waals surface area (Å²) in [6.45, 7) is 6.39. The predicted octanol–water partition coefficient (Wildman–Crippen LogP) is 9.06. The van der Waals surface area contributed by atoms with E-state index in [4.69, 9.17) is 20.3 Å². The molecule has 71 heavy (non-hydrogen) atoms. The SMILES string of the molecule is CC(C)(C)OC(=O)O[C@@H](CCO)C(=O)CCC1CCc2c(sc3ncnc(Nc4ccc5c(c4)C=NC5)c23)C1.N[C@@H](CCO)C(=O)CCC1CCc2c(sc3ncnc(Nc4ccc5c(c4)C=NC5)c23)C1. The third-order valence-electron chi connectivity index (χ3n) is 13.5. The van der Waals surface area contributed by atoms with Gasteiger partial charge in [-0.2, -0.15) is 0 Å². The Bertz CT molecular complexity index is 3000. The molecule has 4 atom stereocenters. The van der Waals surface area contributed by atoms with Gasteiger partial charge in [-0.1, -0.05) is 12.1 Å². The molecule has 6 N–H and O–H groups in total. The molecule has 6 aromatic rings. The average Bonchev–Trinajstić information content (AvgIpc) is 4.17. The fourth-order valence-corrected chi connectivity index (χ4v) is 12.4. The number of aliphatic imine (C=N–C) groups is 2. The summed E-state index contributed by atoms with van der Waals surface area (Å²) in [4.78, 5) is 68.6. The number of aryl methyl sites for hydroxylation is 2. The van der Waals surface area contributed by atoms with Crippen LogP contribution in [0.4, 0.5) is 27.8 Å². The van der Waals surface area contributed by atoms with Gasteiger partial charge in [0, 0.05) is 66.0 Å². The number of nitrogens with zero attached hydrogens (tertiary/aromatic N) is 6. The van der Waals surface area contributed by atoms with Crippen LogP contribution < -0.4 is 16.4 Å². The Morgan fingerprint density at radius 1 is 0.732 bits per heavy atom. The van der Waals surface area contributed by atoms with Crippen LogP contribution in [0.15, 0.2) is 59.0 Å². The van der Waals surface area contributed by atoms with E-state index < -0.39 is 23.9 Å². The number of hydrogen-bond acceptors (Lipinski definition) is 18. The van der Waals surface area contributed by atoms with Crippen molar-refractivity contribution in [3.05, 3.63) is 92.2 Å². The van der Waals surface area contributed by atoms with E-state index in [2.05, 4.69) is 77.0 Å². The second kappa shape index (κ2) is 22.2. The summed E-state index contributed by atoms with van der Waals surface area (Å²) in [5, 5.41) is 27.6. The Kier molecular flexibility index (Phi) is 15.6. The molecule has 372 valence electrons. The van der Waals surface area contributed by atoms with Crippen molar-refractivity contribution in [1.82, 2.24) is 19.9 Å². The second-order valence-corrected chi connectivity index (χ2v) is 21.9. The molecule has 0 saturated carbocycles. The summed E-state index contributed by atoms with van der Waals surface area (Å²) in [5.74, 6) is 2.34. The lowest BCUT2D eigenvalue weighted by atomic mass is 9.84. The first-order valence-electron chi connectivity index (χ1n) is 24.5. The van der Waals surface area contributed by atoms with Gasteiger partial charge in [-0.25, -0.2) is 24.7 Å². The lowest BCUT2D eigenvalue weighted by molar-refractivity contribution is -0.131. The van der Waals surface area contributed by atoms with E-state index in [0.29, 0.717) is 31.1 Å². The zero-order valence-corrected chi connectivity index (χ0v) is 42.0.